The number of benzene rings is 1. The molecule has 0 spiro atoms. The zero-order chi connectivity index (χ0) is 30.3. The Balaban J connectivity index is 1.46. The number of imidazole rings is 1. The van der Waals surface area contributed by atoms with Crippen molar-refractivity contribution in [3.8, 4) is 0 Å². The average molecular weight is 605 g/mol. The van der Waals surface area contributed by atoms with Gasteiger partial charge in [-0.2, -0.15) is 0 Å². The molecule has 4 heterocycles. The summed E-state index contributed by atoms with van der Waals surface area (Å²) < 4.78 is 7.68. The smallest absolute Gasteiger partial charge is 0.273 e. The first-order valence-electron chi connectivity index (χ1n) is 14.3. The van der Waals surface area contributed by atoms with Crippen LogP contribution in [0.4, 0.5) is 0 Å². The fourth-order valence-corrected chi connectivity index (χ4v) is 5.77. The van der Waals surface area contributed by atoms with E-state index in [1.807, 2.05) is 53.0 Å². The number of aromatic nitrogens is 4. The van der Waals surface area contributed by atoms with Crippen LogP contribution in [-0.4, -0.2) is 61.8 Å². The molecule has 3 N–H and O–H groups in total. The van der Waals surface area contributed by atoms with Crippen molar-refractivity contribution in [2.24, 2.45) is 13.0 Å². The number of thiazole rings is 1. The second kappa shape index (κ2) is 13.7. The molecule has 0 saturated carbocycles. The van der Waals surface area contributed by atoms with Crippen LogP contribution in [0.3, 0.4) is 0 Å². The monoisotopic (exact) mass is 604 g/mol. The van der Waals surface area contributed by atoms with E-state index in [2.05, 4.69) is 44.7 Å². The predicted molar refractivity (Wildman–Crippen MR) is 160 cm³/mol. The van der Waals surface area contributed by atoms with Crippen LogP contribution in [-0.2, 0) is 24.8 Å². The van der Waals surface area contributed by atoms with Gasteiger partial charge in [0.2, 0.25) is 11.8 Å². The lowest BCUT2D eigenvalue weighted by molar-refractivity contribution is -0.123. The lowest BCUT2D eigenvalue weighted by atomic mass is 10.0. The topological polar surface area (TPSA) is 147 Å². The van der Waals surface area contributed by atoms with Crippen molar-refractivity contribution >= 4 is 29.1 Å². The van der Waals surface area contributed by atoms with Crippen LogP contribution in [0.2, 0.25) is 0 Å². The van der Waals surface area contributed by atoms with Crippen molar-refractivity contribution < 1.29 is 18.8 Å². The zero-order valence-corrected chi connectivity index (χ0v) is 25.3. The van der Waals surface area contributed by atoms with Crippen molar-refractivity contribution in [1.29, 1.82) is 0 Å². The van der Waals surface area contributed by atoms with E-state index in [0.29, 0.717) is 37.5 Å². The predicted octanol–water partition coefficient (Wildman–Crippen LogP) is 3.03. The highest BCUT2D eigenvalue weighted by Crippen LogP contribution is 2.26. The summed E-state index contributed by atoms with van der Waals surface area (Å²) in [4.78, 5) is 55.1. The maximum atomic E-state index is 13.5. The van der Waals surface area contributed by atoms with E-state index < -0.39 is 18.0 Å². The second-order valence-electron chi connectivity index (χ2n) is 11.0. The molecule has 226 valence electrons. The van der Waals surface area contributed by atoms with Crippen LogP contribution >= 0.6 is 11.3 Å². The molecule has 2 atom stereocenters. The van der Waals surface area contributed by atoms with E-state index in [0.717, 1.165) is 11.4 Å². The number of amides is 3. The molecule has 0 aliphatic carbocycles. The standard InChI is InChI=1S/C30H36N8O4S/c1-19(2)13-22-30-36-24(18-43-30)27(40)32-10-12-38(15-25-31-9-11-37(25)3)16-26(39)33-21(14-20-7-5-4-6-8-20)29-35-23(17-42-29)28(41)34-22/h4-9,11,17-19,21-22H,10,12-16H2,1-3H3,(H,32,40)(H,33,39)(H,34,41)/t21-,22-/m0/s1. The van der Waals surface area contributed by atoms with E-state index in [1.165, 1.54) is 17.6 Å². The van der Waals surface area contributed by atoms with Gasteiger partial charge in [0, 0.05) is 44.3 Å². The van der Waals surface area contributed by atoms with Gasteiger partial charge in [0.05, 0.1) is 19.1 Å². The Morgan fingerprint density at radius 1 is 1.05 bits per heavy atom. The molecule has 1 aromatic carbocycles. The molecule has 5 rings (SSSR count). The molecular formula is C30H36N8O4S. The lowest BCUT2D eigenvalue weighted by Crippen LogP contribution is -2.42. The molecule has 1 aliphatic rings. The largest absolute Gasteiger partial charge is 0.446 e. The van der Waals surface area contributed by atoms with Gasteiger partial charge in [-0.25, -0.2) is 15.0 Å². The summed E-state index contributed by atoms with van der Waals surface area (Å²) >= 11 is 1.33. The minimum absolute atomic E-state index is 0.0415. The summed E-state index contributed by atoms with van der Waals surface area (Å²) in [5.41, 5.74) is 1.36. The fourth-order valence-electron chi connectivity index (χ4n) is 4.90. The van der Waals surface area contributed by atoms with Crippen LogP contribution in [0.25, 0.3) is 0 Å². The third kappa shape index (κ3) is 7.93. The maximum Gasteiger partial charge on any atom is 0.273 e. The van der Waals surface area contributed by atoms with E-state index in [1.54, 1.807) is 11.6 Å². The maximum absolute atomic E-state index is 13.5. The highest BCUT2D eigenvalue weighted by molar-refractivity contribution is 7.09. The molecule has 0 radical (unpaired) electrons. The first-order chi connectivity index (χ1) is 20.7. The summed E-state index contributed by atoms with van der Waals surface area (Å²) in [5.74, 6) is 0.284. The Kier molecular flexibility index (Phi) is 9.62. The summed E-state index contributed by atoms with van der Waals surface area (Å²) in [7, 11) is 1.89. The van der Waals surface area contributed by atoms with Crippen molar-refractivity contribution in [2.45, 2.75) is 45.3 Å². The van der Waals surface area contributed by atoms with Crippen LogP contribution < -0.4 is 16.0 Å². The molecule has 13 heteroatoms. The van der Waals surface area contributed by atoms with Gasteiger partial charge in [0.1, 0.15) is 28.8 Å². The van der Waals surface area contributed by atoms with Gasteiger partial charge in [-0.05, 0) is 17.9 Å². The Morgan fingerprint density at radius 3 is 2.60 bits per heavy atom. The van der Waals surface area contributed by atoms with Crippen molar-refractivity contribution in [3.05, 3.63) is 88.0 Å². The Labute approximate surface area is 253 Å². The molecule has 0 unspecified atom stereocenters. The first kappa shape index (κ1) is 30.1. The molecule has 0 saturated heterocycles. The number of hydrogen-bond acceptors (Lipinski definition) is 9. The van der Waals surface area contributed by atoms with Crippen molar-refractivity contribution in [3.63, 3.8) is 0 Å². The summed E-state index contributed by atoms with van der Waals surface area (Å²) in [6.07, 6.45) is 5.90. The summed E-state index contributed by atoms with van der Waals surface area (Å²) in [5, 5.41) is 11.3. The molecule has 3 aromatic heterocycles. The SMILES string of the molecule is CC(C)C[C@@H]1NC(=O)c2coc(n2)[C@H](Cc2ccccc2)NC(=O)CN(Cc2nccn2C)CCNC(=O)c2csc1n2. The average Bonchev–Trinajstić information content (AvgIpc) is 3.74. The molecule has 1 aliphatic heterocycles. The first-order valence-corrected chi connectivity index (χ1v) is 15.1. The van der Waals surface area contributed by atoms with Gasteiger partial charge in [0.15, 0.2) is 5.69 Å². The lowest BCUT2D eigenvalue weighted by Gasteiger charge is -2.23. The number of carbonyl (C=O) groups excluding carboxylic acids is 3. The minimum atomic E-state index is -0.613. The normalized spacial score (nSPS) is 18.9. The molecule has 3 amide bonds. The fraction of sp³-hybridized carbons (Fsp3) is 0.400. The molecule has 4 aromatic rings. The third-order valence-corrected chi connectivity index (χ3v) is 8.06. The van der Waals surface area contributed by atoms with E-state index in [4.69, 9.17) is 4.42 Å². The number of nitrogens with zero attached hydrogens (tertiary/aromatic N) is 5. The summed E-state index contributed by atoms with van der Waals surface area (Å²) in [6.45, 7) is 5.26. The Hall–Kier alpha value is -4.36. The number of nitrogens with one attached hydrogen (secondary N) is 3. The minimum Gasteiger partial charge on any atom is -0.446 e. The van der Waals surface area contributed by atoms with Gasteiger partial charge < -0.3 is 24.9 Å². The molecule has 43 heavy (non-hydrogen) atoms. The second-order valence-corrected chi connectivity index (χ2v) is 11.9. The van der Waals surface area contributed by atoms with Gasteiger partial charge in [-0.1, -0.05) is 44.2 Å². The summed E-state index contributed by atoms with van der Waals surface area (Å²) in [6, 6.07) is 8.67. The molecule has 12 nitrogen and oxygen atoms in total. The number of hydrogen-bond donors (Lipinski definition) is 3. The number of carbonyl (C=O) groups is 3. The highest BCUT2D eigenvalue weighted by atomic mass is 32.1. The van der Waals surface area contributed by atoms with Crippen molar-refractivity contribution in [1.82, 2.24) is 40.4 Å². The van der Waals surface area contributed by atoms with Gasteiger partial charge in [-0.3, -0.25) is 19.3 Å². The van der Waals surface area contributed by atoms with Gasteiger partial charge in [-0.15, -0.1) is 11.3 Å². The van der Waals surface area contributed by atoms with Crippen molar-refractivity contribution in [2.75, 3.05) is 19.6 Å². The number of oxazole rings is 1. The van der Waals surface area contributed by atoms with Gasteiger partial charge in [0.25, 0.3) is 11.8 Å². The Morgan fingerprint density at radius 2 is 1.86 bits per heavy atom. The van der Waals surface area contributed by atoms with E-state index in [-0.39, 0.29) is 41.6 Å². The molecule has 4 bridgehead atoms. The quantitative estimate of drug-likeness (QED) is 0.304. The number of rotatable bonds is 6. The third-order valence-electron chi connectivity index (χ3n) is 7.10. The number of aryl methyl sites for hydroxylation is 1. The molecular weight excluding hydrogens is 568 g/mol. The highest BCUT2D eigenvalue weighted by Gasteiger charge is 2.27. The van der Waals surface area contributed by atoms with Crippen LogP contribution in [0.1, 0.15) is 75.6 Å². The molecule has 0 fully saturated rings. The van der Waals surface area contributed by atoms with Gasteiger partial charge >= 0.3 is 0 Å². The van der Waals surface area contributed by atoms with E-state index in [9.17, 15) is 14.4 Å². The number of fused-ring (bicyclic) bond motifs is 4. The van der Waals surface area contributed by atoms with Crippen LogP contribution in [0.5, 0.6) is 0 Å². The van der Waals surface area contributed by atoms with Crippen LogP contribution in [0, 0.1) is 5.92 Å². The Bertz CT molecular complexity index is 1550. The zero-order valence-electron chi connectivity index (χ0n) is 24.4. The van der Waals surface area contributed by atoms with Crippen LogP contribution in [0.15, 0.2) is 58.8 Å². The van der Waals surface area contributed by atoms with E-state index >= 15 is 0 Å².